The van der Waals surface area contributed by atoms with Gasteiger partial charge in [-0.2, -0.15) is 0 Å². The van der Waals surface area contributed by atoms with Crippen LogP contribution in [-0.4, -0.2) is 19.1 Å². The van der Waals surface area contributed by atoms with Crippen LogP contribution in [-0.2, 0) is 6.54 Å². The van der Waals surface area contributed by atoms with Crippen LogP contribution in [0.5, 0.6) is 0 Å². The molecule has 0 saturated heterocycles. The first-order valence-electron chi connectivity index (χ1n) is 9.97. The third-order valence-electron chi connectivity index (χ3n) is 6.01. The summed E-state index contributed by atoms with van der Waals surface area (Å²) in [6.45, 7) is 3.11. The number of pyridine rings is 1. The minimum atomic E-state index is 0.718. The molecule has 7 rings (SSSR count). The Bertz CT molecular complexity index is 1680. The summed E-state index contributed by atoms with van der Waals surface area (Å²) >= 11 is 0. The summed E-state index contributed by atoms with van der Waals surface area (Å²) in [5, 5.41) is 8.47. The molecule has 5 heterocycles. The van der Waals surface area contributed by atoms with Crippen molar-refractivity contribution in [1.29, 1.82) is 0 Å². The molecule has 0 saturated carbocycles. The molecule has 0 radical (unpaired) electrons. The fourth-order valence-corrected chi connectivity index (χ4v) is 4.68. The molecule has 0 aliphatic rings. The number of benzene rings is 2. The van der Waals surface area contributed by atoms with Gasteiger partial charge < -0.3 is 13.5 Å². The molecular formula is C24H16N4O2. The normalized spacial score (nSPS) is 12.3. The van der Waals surface area contributed by atoms with Gasteiger partial charge >= 0.3 is 0 Å². The Morgan fingerprint density at radius 3 is 2.77 bits per heavy atom. The van der Waals surface area contributed by atoms with E-state index in [1.807, 2.05) is 16.7 Å². The molecule has 0 aliphatic heterocycles. The van der Waals surface area contributed by atoms with E-state index >= 15 is 0 Å². The summed E-state index contributed by atoms with van der Waals surface area (Å²) in [6.07, 6.45) is 5.29. The Labute approximate surface area is 169 Å². The van der Waals surface area contributed by atoms with Gasteiger partial charge in [0.25, 0.3) is 0 Å². The largest absolute Gasteiger partial charge is 0.439 e. The first kappa shape index (κ1) is 15.8. The van der Waals surface area contributed by atoms with E-state index in [0.717, 1.165) is 45.5 Å². The van der Waals surface area contributed by atoms with Crippen molar-refractivity contribution in [2.45, 2.75) is 13.5 Å². The van der Waals surface area contributed by atoms with Crippen LogP contribution in [0.4, 0.5) is 0 Å². The maximum atomic E-state index is 6.33. The molecule has 0 atom stereocenters. The number of hydrogen-bond donors (Lipinski definition) is 0. The molecule has 0 amide bonds. The highest BCUT2D eigenvalue weighted by molar-refractivity contribution is 6.11. The second-order valence-corrected chi connectivity index (χ2v) is 7.52. The number of para-hydroxylation sites is 1. The van der Waals surface area contributed by atoms with Crippen molar-refractivity contribution in [2.75, 3.05) is 0 Å². The van der Waals surface area contributed by atoms with Gasteiger partial charge in [0.15, 0.2) is 5.65 Å². The van der Waals surface area contributed by atoms with E-state index in [1.165, 1.54) is 21.8 Å². The van der Waals surface area contributed by atoms with Gasteiger partial charge in [0, 0.05) is 46.3 Å². The molecule has 0 bridgehead atoms. The zero-order chi connectivity index (χ0) is 19.8. The molecule has 0 N–H and O–H groups in total. The Kier molecular flexibility index (Phi) is 2.90. The average Bonchev–Trinajstić information content (AvgIpc) is 3.56. The standard InChI is InChI=1S/C24H16N4O2/c1-2-27-19-6-4-3-5-15(19)16-11-14(7-8-20(16)27)21-12-17-22-18(13-29-26-22)23-25-9-10-28(23)24(17)30-21/h3-13H,2H2,1H3. The van der Waals surface area contributed by atoms with Gasteiger partial charge in [-0.25, -0.2) is 4.98 Å². The monoisotopic (exact) mass is 392 g/mol. The molecule has 144 valence electrons. The molecule has 6 heteroatoms. The molecule has 0 spiro atoms. The number of rotatable bonds is 2. The quantitative estimate of drug-likeness (QED) is 0.361. The van der Waals surface area contributed by atoms with Crippen LogP contribution in [0, 0.1) is 0 Å². The highest BCUT2D eigenvalue weighted by Gasteiger charge is 2.18. The summed E-state index contributed by atoms with van der Waals surface area (Å²) in [7, 11) is 0. The van der Waals surface area contributed by atoms with Crippen LogP contribution in [0.2, 0.25) is 0 Å². The summed E-state index contributed by atoms with van der Waals surface area (Å²) in [5.41, 5.74) is 5.77. The van der Waals surface area contributed by atoms with Gasteiger partial charge in [-0.15, -0.1) is 0 Å². The first-order chi connectivity index (χ1) is 14.8. The summed E-state index contributed by atoms with van der Waals surface area (Å²) in [4.78, 5) is 4.44. The van der Waals surface area contributed by atoms with Crippen LogP contribution in [0.3, 0.4) is 0 Å². The van der Waals surface area contributed by atoms with Crippen molar-refractivity contribution < 1.29 is 8.94 Å². The molecule has 0 unspecified atom stereocenters. The minimum Gasteiger partial charge on any atom is -0.439 e. The maximum absolute atomic E-state index is 6.33. The molecule has 6 nitrogen and oxygen atoms in total. The smallest absolute Gasteiger partial charge is 0.215 e. The van der Waals surface area contributed by atoms with Gasteiger partial charge in [0.2, 0.25) is 5.71 Å². The lowest BCUT2D eigenvalue weighted by Crippen LogP contribution is -1.92. The van der Waals surface area contributed by atoms with E-state index < -0.39 is 0 Å². The molecule has 2 aromatic carbocycles. The van der Waals surface area contributed by atoms with E-state index in [1.54, 1.807) is 12.5 Å². The summed E-state index contributed by atoms with van der Waals surface area (Å²) < 4.78 is 15.9. The number of furan rings is 1. The number of aryl methyl sites for hydroxylation is 1. The zero-order valence-electron chi connectivity index (χ0n) is 16.2. The summed E-state index contributed by atoms with van der Waals surface area (Å²) in [5.74, 6) is 0.797. The fraction of sp³-hybridized carbons (Fsp3) is 0.0833. The van der Waals surface area contributed by atoms with Crippen LogP contribution in [0.15, 0.2) is 76.1 Å². The van der Waals surface area contributed by atoms with Crippen LogP contribution in [0.1, 0.15) is 6.92 Å². The third-order valence-corrected chi connectivity index (χ3v) is 6.01. The molecule has 30 heavy (non-hydrogen) atoms. The second-order valence-electron chi connectivity index (χ2n) is 7.52. The maximum Gasteiger partial charge on any atom is 0.215 e. The van der Waals surface area contributed by atoms with Crippen LogP contribution < -0.4 is 0 Å². The molecular weight excluding hydrogens is 376 g/mol. The molecule has 5 aromatic heterocycles. The Hall–Kier alpha value is -4.06. The predicted octanol–water partition coefficient (Wildman–Crippen LogP) is 6.02. The van der Waals surface area contributed by atoms with Crippen molar-refractivity contribution in [1.82, 2.24) is 19.1 Å². The van der Waals surface area contributed by atoms with Crippen molar-refractivity contribution >= 4 is 49.5 Å². The number of fused-ring (bicyclic) bond motifs is 9. The Morgan fingerprint density at radius 2 is 1.83 bits per heavy atom. The van der Waals surface area contributed by atoms with Crippen LogP contribution >= 0.6 is 0 Å². The van der Waals surface area contributed by atoms with E-state index in [0.29, 0.717) is 0 Å². The highest BCUT2D eigenvalue weighted by atomic mass is 16.5. The van der Waals surface area contributed by atoms with Gasteiger partial charge in [-0.1, -0.05) is 23.4 Å². The van der Waals surface area contributed by atoms with Gasteiger partial charge in [0.1, 0.15) is 17.5 Å². The Balaban J connectivity index is 1.55. The van der Waals surface area contributed by atoms with E-state index in [4.69, 9.17) is 8.94 Å². The summed E-state index contributed by atoms with van der Waals surface area (Å²) in [6, 6.07) is 17.1. The predicted molar refractivity (Wildman–Crippen MR) is 117 cm³/mol. The third kappa shape index (κ3) is 1.88. The topological polar surface area (TPSA) is 61.4 Å². The molecule has 0 aliphatic carbocycles. The van der Waals surface area contributed by atoms with Crippen molar-refractivity contribution in [3.8, 4) is 11.3 Å². The first-order valence-corrected chi connectivity index (χ1v) is 9.97. The zero-order valence-corrected chi connectivity index (χ0v) is 16.2. The second kappa shape index (κ2) is 5.51. The lowest BCUT2D eigenvalue weighted by Gasteiger charge is -2.03. The Morgan fingerprint density at radius 1 is 0.933 bits per heavy atom. The number of hydrogen-bond acceptors (Lipinski definition) is 4. The lowest BCUT2D eigenvalue weighted by atomic mass is 10.1. The van der Waals surface area contributed by atoms with Crippen molar-refractivity contribution in [3.63, 3.8) is 0 Å². The number of aromatic nitrogens is 4. The van der Waals surface area contributed by atoms with Crippen molar-refractivity contribution in [3.05, 3.63) is 67.2 Å². The minimum absolute atomic E-state index is 0.718. The van der Waals surface area contributed by atoms with Gasteiger partial charge in [-0.3, -0.25) is 4.40 Å². The van der Waals surface area contributed by atoms with E-state index in [9.17, 15) is 0 Å². The highest BCUT2D eigenvalue weighted by Crippen LogP contribution is 2.37. The number of nitrogens with zero attached hydrogens (tertiary/aromatic N) is 4. The van der Waals surface area contributed by atoms with E-state index in [2.05, 4.69) is 64.1 Å². The van der Waals surface area contributed by atoms with Crippen LogP contribution in [0.25, 0.3) is 60.8 Å². The fourth-order valence-electron chi connectivity index (χ4n) is 4.68. The SMILES string of the molecule is CCn1c2ccccc2c2cc(-c3cc4c5nocc5c5nccn5c4o3)ccc21. The van der Waals surface area contributed by atoms with Gasteiger partial charge in [-0.05, 0) is 37.3 Å². The lowest BCUT2D eigenvalue weighted by molar-refractivity contribution is 0.429. The number of imidazole rings is 1. The molecule has 0 fully saturated rings. The van der Waals surface area contributed by atoms with Gasteiger partial charge in [0.05, 0.1) is 10.8 Å². The molecule has 7 aromatic rings. The average molecular weight is 392 g/mol. The van der Waals surface area contributed by atoms with E-state index in [-0.39, 0.29) is 0 Å². The van der Waals surface area contributed by atoms with Crippen molar-refractivity contribution in [2.24, 2.45) is 0 Å².